The topological polar surface area (TPSA) is 75.4 Å². The normalized spacial score (nSPS) is 19.4. The fourth-order valence-electron chi connectivity index (χ4n) is 2.69. The summed E-state index contributed by atoms with van der Waals surface area (Å²) in [7, 11) is 0. The van der Waals surface area contributed by atoms with E-state index in [0.717, 1.165) is 12.1 Å². The van der Waals surface area contributed by atoms with E-state index in [2.05, 4.69) is 5.10 Å². The van der Waals surface area contributed by atoms with Gasteiger partial charge in [-0.2, -0.15) is 5.10 Å². The zero-order valence-electron chi connectivity index (χ0n) is 12.2. The second-order valence-electron chi connectivity index (χ2n) is 5.61. The highest BCUT2D eigenvalue weighted by molar-refractivity contribution is 5.95. The Hall–Kier alpha value is -1.85. The number of nitrogens with zero attached hydrogens (tertiary/aromatic N) is 3. The Kier molecular flexibility index (Phi) is 4.11. The summed E-state index contributed by atoms with van der Waals surface area (Å²) in [5.74, 6) is -1.38. The first-order chi connectivity index (χ1) is 9.41. The van der Waals surface area contributed by atoms with E-state index in [1.165, 1.54) is 0 Å². The van der Waals surface area contributed by atoms with Crippen molar-refractivity contribution in [3.63, 3.8) is 0 Å². The van der Waals surface area contributed by atoms with Gasteiger partial charge in [0.1, 0.15) is 0 Å². The molecule has 6 heteroatoms. The molecule has 1 atom stereocenters. The molecule has 0 bridgehead atoms. The van der Waals surface area contributed by atoms with Gasteiger partial charge in [0, 0.05) is 24.8 Å². The van der Waals surface area contributed by atoms with E-state index in [9.17, 15) is 9.59 Å². The van der Waals surface area contributed by atoms with Gasteiger partial charge in [0.15, 0.2) is 0 Å². The van der Waals surface area contributed by atoms with Crippen molar-refractivity contribution in [3.8, 4) is 0 Å². The Labute approximate surface area is 118 Å². The second-order valence-corrected chi connectivity index (χ2v) is 5.61. The molecular weight excluding hydrogens is 258 g/mol. The Morgan fingerprint density at radius 3 is 2.70 bits per heavy atom. The lowest BCUT2D eigenvalue weighted by atomic mass is 9.98. The van der Waals surface area contributed by atoms with E-state index in [1.807, 2.05) is 25.5 Å². The summed E-state index contributed by atoms with van der Waals surface area (Å²) in [4.78, 5) is 25.2. The smallest absolute Gasteiger partial charge is 0.308 e. The van der Waals surface area contributed by atoms with Crippen LogP contribution in [0.25, 0.3) is 0 Å². The van der Waals surface area contributed by atoms with Gasteiger partial charge < -0.3 is 10.0 Å². The number of rotatable bonds is 3. The van der Waals surface area contributed by atoms with Crippen LogP contribution in [0.5, 0.6) is 0 Å². The summed E-state index contributed by atoms with van der Waals surface area (Å²) in [6.45, 7) is 6.81. The van der Waals surface area contributed by atoms with Crippen LogP contribution in [-0.2, 0) is 4.79 Å². The van der Waals surface area contributed by atoms with Crippen molar-refractivity contribution in [2.24, 2.45) is 5.92 Å². The summed E-state index contributed by atoms with van der Waals surface area (Å²) in [5, 5.41) is 13.3. The van der Waals surface area contributed by atoms with E-state index >= 15 is 0 Å². The van der Waals surface area contributed by atoms with Crippen LogP contribution >= 0.6 is 0 Å². The lowest BCUT2D eigenvalue weighted by Gasteiger charge is -2.30. The molecule has 1 aromatic rings. The number of aromatic nitrogens is 2. The number of aliphatic carboxylic acids is 1. The summed E-state index contributed by atoms with van der Waals surface area (Å²) < 4.78 is 1.81. The molecule has 0 aromatic carbocycles. The van der Waals surface area contributed by atoms with Crippen LogP contribution in [0, 0.1) is 12.8 Å². The molecule has 1 N–H and O–H groups in total. The van der Waals surface area contributed by atoms with Crippen LogP contribution < -0.4 is 0 Å². The zero-order chi connectivity index (χ0) is 14.9. The van der Waals surface area contributed by atoms with Crippen LogP contribution in [0.1, 0.15) is 48.8 Å². The SMILES string of the molecule is Cc1c(C(=O)N2CCC[C@H](C(=O)O)C2)cnn1C(C)C. The molecule has 20 heavy (non-hydrogen) atoms. The lowest BCUT2D eigenvalue weighted by Crippen LogP contribution is -2.42. The summed E-state index contributed by atoms with van der Waals surface area (Å²) in [6, 6.07) is 0.199. The third kappa shape index (κ3) is 2.69. The second kappa shape index (κ2) is 5.64. The third-order valence-electron chi connectivity index (χ3n) is 3.82. The highest BCUT2D eigenvalue weighted by Gasteiger charge is 2.30. The molecule has 1 aliphatic rings. The minimum absolute atomic E-state index is 0.111. The highest BCUT2D eigenvalue weighted by atomic mass is 16.4. The van der Waals surface area contributed by atoms with Crippen LogP contribution in [0.2, 0.25) is 0 Å². The van der Waals surface area contributed by atoms with Gasteiger partial charge in [0.2, 0.25) is 0 Å². The van der Waals surface area contributed by atoms with Crippen LogP contribution in [0.3, 0.4) is 0 Å². The molecule has 0 saturated carbocycles. The van der Waals surface area contributed by atoms with Crippen molar-refractivity contribution in [2.75, 3.05) is 13.1 Å². The fourth-order valence-corrected chi connectivity index (χ4v) is 2.69. The maximum Gasteiger partial charge on any atom is 0.308 e. The maximum absolute atomic E-state index is 12.5. The molecule has 0 spiro atoms. The number of carbonyl (C=O) groups is 2. The molecule has 110 valence electrons. The molecule has 1 amide bonds. The number of amides is 1. The molecular formula is C14H21N3O3. The first-order valence-corrected chi connectivity index (χ1v) is 6.98. The zero-order valence-corrected chi connectivity index (χ0v) is 12.2. The molecule has 1 saturated heterocycles. The molecule has 0 radical (unpaired) electrons. The van der Waals surface area contributed by atoms with E-state index in [0.29, 0.717) is 25.1 Å². The fraction of sp³-hybridized carbons (Fsp3) is 0.643. The largest absolute Gasteiger partial charge is 0.481 e. The highest BCUT2D eigenvalue weighted by Crippen LogP contribution is 2.21. The molecule has 1 fully saturated rings. The Morgan fingerprint density at radius 2 is 2.15 bits per heavy atom. The molecule has 0 aliphatic carbocycles. The molecule has 6 nitrogen and oxygen atoms in total. The van der Waals surface area contributed by atoms with Crippen molar-refractivity contribution < 1.29 is 14.7 Å². The average Bonchev–Trinajstić information content (AvgIpc) is 2.80. The van der Waals surface area contributed by atoms with Gasteiger partial charge in [-0.3, -0.25) is 14.3 Å². The van der Waals surface area contributed by atoms with Crippen molar-refractivity contribution in [3.05, 3.63) is 17.5 Å². The Bertz CT molecular complexity index is 522. The van der Waals surface area contributed by atoms with E-state index < -0.39 is 11.9 Å². The predicted molar refractivity (Wildman–Crippen MR) is 73.6 cm³/mol. The maximum atomic E-state index is 12.5. The summed E-state index contributed by atoms with van der Waals surface area (Å²) in [6.07, 6.45) is 2.96. The van der Waals surface area contributed by atoms with E-state index in [-0.39, 0.29) is 11.9 Å². The van der Waals surface area contributed by atoms with Gasteiger partial charge in [-0.25, -0.2) is 0 Å². The van der Waals surface area contributed by atoms with Crippen molar-refractivity contribution in [1.29, 1.82) is 0 Å². The van der Waals surface area contributed by atoms with Gasteiger partial charge in [-0.15, -0.1) is 0 Å². The number of piperidine rings is 1. The van der Waals surface area contributed by atoms with Gasteiger partial charge in [0.25, 0.3) is 5.91 Å². The monoisotopic (exact) mass is 279 g/mol. The number of carboxylic acids is 1. The van der Waals surface area contributed by atoms with Gasteiger partial charge in [0.05, 0.1) is 17.7 Å². The molecule has 1 aliphatic heterocycles. The molecule has 1 aromatic heterocycles. The van der Waals surface area contributed by atoms with Gasteiger partial charge in [-0.05, 0) is 33.6 Å². The molecule has 2 rings (SSSR count). The molecule has 0 unspecified atom stereocenters. The molecule has 2 heterocycles. The van der Waals surface area contributed by atoms with Crippen LogP contribution in [0.4, 0.5) is 0 Å². The number of carbonyl (C=O) groups excluding carboxylic acids is 1. The van der Waals surface area contributed by atoms with Crippen molar-refractivity contribution in [1.82, 2.24) is 14.7 Å². The summed E-state index contributed by atoms with van der Waals surface area (Å²) >= 11 is 0. The number of hydrogen-bond donors (Lipinski definition) is 1. The third-order valence-corrected chi connectivity index (χ3v) is 3.82. The Balaban J connectivity index is 2.17. The number of hydrogen-bond acceptors (Lipinski definition) is 3. The van der Waals surface area contributed by atoms with Crippen LogP contribution in [-0.4, -0.2) is 44.8 Å². The predicted octanol–water partition coefficient (Wildman–Crippen LogP) is 1.71. The lowest BCUT2D eigenvalue weighted by molar-refractivity contribution is -0.143. The van der Waals surface area contributed by atoms with E-state index in [4.69, 9.17) is 5.11 Å². The standard InChI is InChI=1S/C14H21N3O3/c1-9(2)17-10(3)12(7-15-17)13(18)16-6-4-5-11(8-16)14(19)20/h7,9,11H,4-6,8H2,1-3H3,(H,19,20)/t11-/m0/s1. The quantitative estimate of drug-likeness (QED) is 0.914. The van der Waals surface area contributed by atoms with Gasteiger partial charge >= 0.3 is 5.97 Å². The first-order valence-electron chi connectivity index (χ1n) is 6.98. The summed E-state index contributed by atoms with van der Waals surface area (Å²) in [5.41, 5.74) is 1.41. The average molecular weight is 279 g/mol. The minimum Gasteiger partial charge on any atom is -0.481 e. The van der Waals surface area contributed by atoms with Crippen molar-refractivity contribution >= 4 is 11.9 Å². The number of likely N-dealkylation sites (tertiary alicyclic amines) is 1. The van der Waals surface area contributed by atoms with Crippen molar-refractivity contribution in [2.45, 2.75) is 39.7 Å². The number of carboxylic acid groups (broad SMARTS) is 1. The Morgan fingerprint density at radius 1 is 1.45 bits per heavy atom. The van der Waals surface area contributed by atoms with E-state index in [1.54, 1.807) is 11.1 Å². The van der Waals surface area contributed by atoms with Crippen LogP contribution in [0.15, 0.2) is 6.20 Å². The first kappa shape index (κ1) is 14.6. The van der Waals surface area contributed by atoms with Gasteiger partial charge in [-0.1, -0.05) is 0 Å². The minimum atomic E-state index is -0.822.